The van der Waals surface area contributed by atoms with Crippen LogP contribution in [0.4, 0.5) is 0 Å². The number of carbonyl (C=O) groups is 5. The minimum absolute atomic E-state index is 0.0834. The van der Waals surface area contributed by atoms with Gasteiger partial charge in [-0.2, -0.15) is 0 Å². The van der Waals surface area contributed by atoms with Gasteiger partial charge < -0.3 is 67.1 Å². The Morgan fingerprint density at radius 1 is 0.543 bits per heavy atom. The fourth-order valence-electron chi connectivity index (χ4n) is 3.94. The van der Waals surface area contributed by atoms with Crippen molar-refractivity contribution >= 4 is 47.4 Å². The van der Waals surface area contributed by atoms with Crippen LogP contribution in [0.3, 0.4) is 0 Å². The monoisotopic (exact) mass is 655 g/mol. The third-order valence-corrected chi connectivity index (χ3v) is 6.49. The molecule has 0 bridgehead atoms. The van der Waals surface area contributed by atoms with E-state index in [0.717, 1.165) is 0 Å². The van der Waals surface area contributed by atoms with Crippen molar-refractivity contribution in [1.29, 1.82) is 0 Å². The van der Waals surface area contributed by atoms with E-state index in [1.807, 2.05) is 0 Å². The molecule has 262 valence electrons. The van der Waals surface area contributed by atoms with Crippen LogP contribution in [0.25, 0.3) is 0 Å². The van der Waals surface area contributed by atoms with Gasteiger partial charge in [0.25, 0.3) is 0 Å². The number of hydrogen-bond donors (Lipinski definition) is 12. The summed E-state index contributed by atoms with van der Waals surface area (Å²) in [7, 11) is 0. The Hall–Kier alpha value is -4.88. The number of nitrogens with two attached hydrogens (primary N) is 8. The summed E-state index contributed by atoms with van der Waals surface area (Å²) >= 11 is 0. The molecule has 0 saturated heterocycles. The molecule has 20 N–H and O–H groups in total. The molecule has 20 nitrogen and oxygen atoms in total. The highest BCUT2D eigenvalue weighted by Crippen LogP contribution is 2.07. The first-order valence-electron chi connectivity index (χ1n) is 14.9. The van der Waals surface area contributed by atoms with Crippen LogP contribution in [0, 0.1) is 5.92 Å². The maximum atomic E-state index is 13.2. The molecule has 0 aliphatic heterocycles. The largest absolute Gasteiger partial charge is 0.370 e. The number of primary amides is 1. The molecule has 0 aliphatic carbocycles. The van der Waals surface area contributed by atoms with Gasteiger partial charge in [-0.3, -0.25) is 38.9 Å². The zero-order valence-electron chi connectivity index (χ0n) is 26.8. The summed E-state index contributed by atoms with van der Waals surface area (Å²) < 4.78 is 0. The van der Waals surface area contributed by atoms with Gasteiger partial charge in [-0.25, -0.2) is 0 Å². The zero-order valence-corrected chi connectivity index (χ0v) is 26.8. The van der Waals surface area contributed by atoms with Crippen LogP contribution in [0.2, 0.25) is 0 Å². The number of carbonyl (C=O) groups excluding carboxylic acids is 5. The Bertz CT molecular complexity index is 1100. The second-order valence-electron chi connectivity index (χ2n) is 10.9. The number of guanidine groups is 3. The fraction of sp³-hybridized carbons (Fsp3) is 0.692. The molecular weight excluding hydrogens is 602 g/mol. The summed E-state index contributed by atoms with van der Waals surface area (Å²) in [5.41, 5.74) is 43.3. The van der Waals surface area contributed by atoms with Crippen molar-refractivity contribution in [3.63, 3.8) is 0 Å². The quantitative estimate of drug-likeness (QED) is 0.0295. The summed E-state index contributed by atoms with van der Waals surface area (Å²) in [6.45, 7) is 5.48. The molecule has 5 amide bonds. The molecule has 0 radical (unpaired) electrons. The molecule has 20 heteroatoms. The standard InChI is InChI=1S/C26H53N15O5/c1-13(2)18(23(46)39-16(19(28)42)8-5-11-36-25(31)32)41-20(43)14(3)38-22(45)17(9-6-12-37-26(33)34)40-21(44)15(27)7-4-10-35-24(29)30/h13-18H,4-12,27H2,1-3H3,(H2,28,42)(H,38,45)(H,39,46)(H,40,44)(H,41,43)(H4,29,30,35)(H4,31,32,36)(H4,33,34,37)/t14-,15+,16+,17+,18-/m0/s1. The predicted molar refractivity (Wildman–Crippen MR) is 175 cm³/mol. The van der Waals surface area contributed by atoms with E-state index in [4.69, 9.17) is 45.9 Å². The molecule has 0 aromatic rings. The lowest BCUT2D eigenvalue weighted by molar-refractivity contribution is -0.135. The van der Waals surface area contributed by atoms with Gasteiger partial charge in [-0.15, -0.1) is 0 Å². The van der Waals surface area contributed by atoms with Gasteiger partial charge in [0.2, 0.25) is 29.5 Å². The molecule has 0 aliphatic rings. The van der Waals surface area contributed by atoms with Crippen molar-refractivity contribution in [2.75, 3.05) is 19.6 Å². The van der Waals surface area contributed by atoms with Crippen molar-refractivity contribution in [1.82, 2.24) is 21.3 Å². The van der Waals surface area contributed by atoms with E-state index in [-0.39, 0.29) is 56.8 Å². The van der Waals surface area contributed by atoms with Crippen molar-refractivity contribution in [3.8, 4) is 0 Å². The van der Waals surface area contributed by atoms with Crippen LogP contribution < -0.4 is 67.1 Å². The molecule has 0 fully saturated rings. The number of amides is 5. The van der Waals surface area contributed by atoms with Gasteiger partial charge in [0.05, 0.1) is 6.04 Å². The number of nitrogens with one attached hydrogen (secondary N) is 4. The van der Waals surface area contributed by atoms with Gasteiger partial charge in [-0.05, 0) is 51.4 Å². The molecule has 5 atom stereocenters. The van der Waals surface area contributed by atoms with Crippen molar-refractivity contribution in [2.24, 2.45) is 66.8 Å². The minimum atomic E-state index is -1.13. The summed E-state index contributed by atoms with van der Waals surface area (Å²) in [4.78, 5) is 75.5. The van der Waals surface area contributed by atoms with Crippen molar-refractivity contribution in [2.45, 2.75) is 89.5 Å². The first-order valence-corrected chi connectivity index (χ1v) is 14.9. The van der Waals surface area contributed by atoms with Crippen LogP contribution >= 0.6 is 0 Å². The van der Waals surface area contributed by atoms with E-state index in [0.29, 0.717) is 19.3 Å². The first kappa shape index (κ1) is 41.1. The van der Waals surface area contributed by atoms with Gasteiger partial charge in [0, 0.05) is 19.6 Å². The van der Waals surface area contributed by atoms with Crippen LogP contribution in [-0.4, -0.2) is 97.3 Å². The van der Waals surface area contributed by atoms with E-state index in [2.05, 4.69) is 36.2 Å². The normalized spacial score (nSPS) is 13.9. The summed E-state index contributed by atoms with van der Waals surface area (Å²) in [5.74, 6) is -4.10. The second-order valence-corrected chi connectivity index (χ2v) is 10.9. The third kappa shape index (κ3) is 18.0. The fourth-order valence-corrected chi connectivity index (χ4v) is 3.94. The van der Waals surface area contributed by atoms with Crippen LogP contribution in [0.1, 0.15) is 59.3 Å². The van der Waals surface area contributed by atoms with Gasteiger partial charge in [0.15, 0.2) is 17.9 Å². The summed E-state index contributed by atoms with van der Waals surface area (Å²) in [6.07, 6.45) is 1.64. The highest BCUT2D eigenvalue weighted by Gasteiger charge is 2.31. The zero-order chi connectivity index (χ0) is 35.4. The smallest absolute Gasteiger partial charge is 0.243 e. The number of nitrogens with zero attached hydrogens (tertiary/aromatic N) is 3. The van der Waals surface area contributed by atoms with Crippen LogP contribution in [-0.2, 0) is 24.0 Å². The van der Waals surface area contributed by atoms with E-state index in [9.17, 15) is 24.0 Å². The number of aliphatic imine (C=N–C) groups is 3. The lowest BCUT2D eigenvalue weighted by atomic mass is 10.0. The Kier molecular flexibility index (Phi) is 19.5. The maximum Gasteiger partial charge on any atom is 0.243 e. The molecule has 0 unspecified atom stereocenters. The molecule has 0 aromatic carbocycles. The third-order valence-electron chi connectivity index (χ3n) is 6.49. The molecule has 0 spiro atoms. The molecule has 0 saturated carbocycles. The SMILES string of the molecule is CC(C)[C@H](NC(=O)[C@H](C)NC(=O)[C@@H](CCCN=C(N)N)NC(=O)[C@H](N)CCCN=C(N)N)C(=O)N[C@H](CCCN=C(N)N)C(N)=O. The van der Waals surface area contributed by atoms with Crippen molar-refractivity contribution in [3.05, 3.63) is 0 Å². The Morgan fingerprint density at radius 3 is 1.41 bits per heavy atom. The predicted octanol–water partition coefficient (Wildman–Crippen LogP) is -5.43. The van der Waals surface area contributed by atoms with E-state index in [1.54, 1.807) is 13.8 Å². The highest BCUT2D eigenvalue weighted by atomic mass is 16.2. The van der Waals surface area contributed by atoms with Gasteiger partial charge >= 0.3 is 0 Å². The van der Waals surface area contributed by atoms with Crippen LogP contribution in [0.15, 0.2) is 15.0 Å². The number of rotatable bonds is 22. The Morgan fingerprint density at radius 2 is 0.978 bits per heavy atom. The lowest BCUT2D eigenvalue weighted by Gasteiger charge is -2.27. The van der Waals surface area contributed by atoms with E-state index >= 15 is 0 Å². The molecule has 0 aromatic heterocycles. The second kappa shape index (κ2) is 21.8. The lowest BCUT2D eigenvalue weighted by Crippen LogP contribution is -2.59. The van der Waals surface area contributed by atoms with Gasteiger partial charge in [0.1, 0.15) is 24.2 Å². The van der Waals surface area contributed by atoms with E-state index in [1.165, 1.54) is 6.92 Å². The average molecular weight is 656 g/mol. The average Bonchev–Trinajstić information content (AvgIpc) is 2.95. The molecular formula is C26H53N15O5. The first-order chi connectivity index (χ1) is 21.5. The molecule has 0 heterocycles. The summed E-state index contributed by atoms with van der Waals surface area (Å²) in [5, 5.41) is 10.3. The maximum absolute atomic E-state index is 13.2. The molecule has 46 heavy (non-hydrogen) atoms. The van der Waals surface area contributed by atoms with Crippen LogP contribution in [0.5, 0.6) is 0 Å². The number of hydrogen-bond acceptors (Lipinski definition) is 9. The highest BCUT2D eigenvalue weighted by molar-refractivity contribution is 5.95. The molecule has 0 rings (SSSR count). The topological polar surface area (TPSA) is 379 Å². The Labute approximate surface area is 268 Å². The Balaban J connectivity index is 5.46. The minimum Gasteiger partial charge on any atom is -0.370 e. The van der Waals surface area contributed by atoms with E-state index < -0.39 is 65.7 Å². The van der Waals surface area contributed by atoms with Gasteiger partial charge in [-0.1, -0.05) is 13.8 Å². The summed E-state index contributed by atoms with van der Waals surface area (Å²) in [6, 6.07) is -5.26. The van der Waals surface area contributed by atoms with Crippen molar-refractivity contribution < 1.29 is 24.0 Å².